The zero-order valence-corrected chi connectivity index (χ0v) is 13.4. The minimum Gasteiger partial charge on any atom is -0.354 e. The molecule has 2 heterocycles. The van der Waals surface area contributed by atoms with Crippen molar-refractivity contribution >= 4 is 17.2 Å². The van der Waals surface area contributed by atoms with Gasteiger partial charge in [-0.05, 0) is 29.3 Å². The topological polar surface area (TPSA) is 53.2 Å². The first kappa shape index (κ1) is 15.2. The van der Waals surface area contributed by atoms with E-state index in [1.54, 1.807) is 11.3 Å². The molecule has 1 fully saturated rings. The molecule has 1 amide bonds. The van der Waals surface area contributed by atoms with Crippen LogP contribution in [0.15, 0.2) is 47.8 Å². The molecule has 22 heavy (non-hydrogen) atoms. The molecule has 3 unspecified atom stereocenters. The lowest BCUT2D eigenvalue weighted by Crippen LogP contribution is -2.44. The number of hydrogen-bond donors (Lipinski definition) is 3. The first-order chi connectivity index (χ1) is 10.7. The summed E-state index contributed by atoms with van der Waals surface area (Å²) in [7, 11) is 0. The van der Waals surface area contributed by atoms with Crippen LogP contribution >= 0.6 is 11.3 Å². The van der Waals surface area contributed by atoms with Crippen LogP contribution in [-0.2, 0) is 4.79 Å². The summed E-state index contributed by atoms with van der Waals surface area (Å²) in [6.45, 7) is 2.79. The number of thiophene rings is 1. The van der Waals surface area contributed by atoms with Crippen LogP contribution < -0.4 is 16.2 Å². The monoisotopic (exact) mass is 315 g/mol. The Labute approximate surface area is 134 Å². The van der Waals surface area contributed by atoms with Gasteiger partial charge in [0.15, 0.2) is 0 Å². The Balaban J connectivity index is 1.49. The van der Waals surface area contributed by atoms with E-state index in [9.17, 15) is 4.79 Å². The molecule has 0 saturated carbocycles. The summed E-state index contributed by atoms with van der Waals surface area (Å²) in [5.41, 5.74) is 7.56. The Morgan fingerprint density at radius 1 is 1.27 bits per heavy atom. The molecule has 1 aromatic carbocycles. The largest absolute Gasteiger partial charge is 0.354 e. The number of hydrazine groups is 1. The first-order valence-electron chi connectivity index (χ1n) is 7.61. The van der Waals surface area contributed by atoms with Crippen molar-refractivity contribution in [2.75, 3.05) is 6.54 Å². The number of carbonyl (C=O) groups is 1. The predicted octanol–water partition coefficient (Wildman–Crippen LogP) is 2.58. The van der Waals surface area contributed by atoms with Crippen LogP contribution in [0.4, 0.5) is 0 Å². The molecule has 0 spiro atoms. The smallest absolute Gasteiger partial charge is 0.238 e. The van der Waals surface area contributed by atoms with E-state index in [2.05, 4.69) is 46.7 Å². The van der Waals surface area contributed by atoms with Crippen LogP contribution in [0.3, 0.4) is 0 Å². The van der Waals surface area contributed by atoms with Crippen molar-refractivity contribution in [2.24, 2.45) is 0 Å². The van der Waals surface area contributed by atoms with Crippen molar-refractivity contribution in [1.82, 2.24) is 16.2 Å². The normalized spacial score (nSPS) is 22.4. The van der Waals surface area contributed by atoms with Gasteiger partial charge >= 0.3 is 0 Å². The van der Waals surface area contributed by atoms with Gasteiger partial charge in [-0.25, -0.2) is 10.9 Å². The maximum absolute atomic E-state index is 12.3. The number of amides is 1. The van der Waals surface area contributed by atoms with Gasteiger partial charge < -0.3 is 5.32 Å². The van der Waals surface area contributed by atoms with Crippen LogP contribution in [-0.4, -0.2) is 18.5 Å². The quantitative estimate of drug-likeness (QED) is 0.795. The molecule has 3 rings (SSSR count). The van der Waals surface area contributed by atoms with Crippen molar-refractivity contribution in [1.29, 1.82) is 0 Å². The fraction of sp³-hybridized carbons (Fsp3) is 0.353. The Bertz CT molecular complexity index is 600. The number of carbonyl (C=O) groups excluding carboxylic acids is 1. The Hall–Kier alpha value is -1.69. The number of hydrogen-bond acceptors (Lipinski definition) is 4. The highest BCUT2D eigenvalue weighted by molar-refractivity contribution is 7.10. The Morgan fingerprint density at radius 2 is 2.09 bits per heavy atom. The predicted molar refractivity (Wildman–Crippen MR) is 89.6 cm³/mol. The summed E-state index contributed by atoms with van der Waals surface area (Å²) in [6, 6.07) is 14.4. The molecule has 116 valence electrons. The summed E-state index contributed by atoms with van der Waals surface area (Å²) in [5.74, 6) is 0.377. The molecule has 0 radical (unpaired) electrons. The third-order valence-corrected chi connectivity index (χ3v) is 5.04. The molecule has 2 aromatic rings. The van der Waals surface area contributed by atoms with Crippen molar-refractivity contribution in [3.63, 3.8) is 0 Å². The van der Waals surface area contributed by atoms with Gasteiger partial charge in [0.1, 0.15) is 6.04 Å². The molecule has 1 aliphatic rings. The minimum atomic E-state index is -0.171. The van der Waals surface area contributed by atoms with Crippen LogP contribution in [0.2, 0.25) is 0 Å². The fourth-order valence-corrected chi connectivity index (χ4v) is 3.47. The SMILES string of the molecule is CC(CNC(=O)C1CC(c2cccs2)NN1)c1ccccc1. The van der Waals surface area contributed by atoms with Gasteiger partial charge in [0.2, 0.25) is 5.91 Å². The van der Waals surface area contributed by atoms with Crippen LogP contribution in [0.25, 0.3) is 0 Å². The highest BCUT2D eigenvalue weighted by Gasteiger charge is 2.30. The molecule has 5 heteroatoms. The van der Waals surface area contributed by atoms with Gasteiger partial charge in [0.05, 0.1) is 6.04 Å². The fourth-order valence-electron chi connectivity index (χ4n) is 2.68. The third-order valence-electron chi connectivity index (χ3n) is 4.06. The third kappa shape index (κ3) is 3.55. The van der Waals surface area contributed by atoms with E-state index in [-0.39, 0.29) is 18.0 Å². The average molecular weight is 315 g/mol. The van der Waals surface area contributed by atoms with Crippen molar-refractivity contribution in [2.45, 2.75) is 31.3 Å². The van der Waals surface area contributed by atoms with Crippen LogP contribution in [0, 0.1) is 0 Å². The molecule has 0 bridgehead atoms. The second kappa shape index (κ2) is 7.05. The molecule has 1 aromatic heterocycles. The van der Waals surface area contributed by atoms with Crippen LogP contribution in [0.5, 0.6) is 0 Å². The van der Waals surface area contributed by atoms with Crippen molar-refractivity contribution < 1.29 is 4.79 Å². The molecule has 1 saturated heterocycles. The van der Waals surface area contributed by atoms with Gasteiger partial charge in [0, 0.05) is 11.4 Å². The van der Waals surface area contributed by atoms with Gasteiger partial charge in [-0.3, -0.25) is 4.79 Å². The summed E-state index contributed by atoms with van der Waals surface area (Å²) in [5, 5.41) is 5.11. The van der Waals surface area contributed by atoms with E-state index < -0.39 is 0 Å². The summed E-state index contributed by atoms with van der Waals surface area (Å²) in [4.78, 5) is 13.6. The molecular weight excluding hydrogens is 294 g/mol. The first-order valence-corrected chi connectivity index (χ1v) is 8.49. The Kier molecular flexibility index (Phi) is 4.87. The summed E-state index contributed by atoms with van der Waals surface area (Å²) in [6.07, 6.45) is 0.784. The molecule has 4 nitrogen and oxygen atoms in total. The molecule has 0 aliphatic carbocycles. The van der Waals surface area contributed by atoms with Gasteiger partial charge in [0.25, 0.3) is 0 Å². The zero-order valence-electron chi connectivity index (χ0n) is 12.6. The average Bonchev–Trinajstić information content (AvgIpc) is 3.23. The van der Waals surface area contributed by atoms with E-state index in [1.165, 1.54) is 10.4 Å². The lowest BCUT2D eigenvalue weighted by atomic mass is 10.0. The summed E-state index contributed by atoms with van der Waals surface area (Å²) >= 11 is 1.72. The second-order valence-electron chi connectivity index (χ2n) is 5.70. The maximum atomic E-state index is 12.3. The second-order valence-corrected chi connectivity index (χ2v) is 6.68. The number of benzene rings is 1. The van der Waals surface area contributed by atoms with Crippen molar-refractivity contribution in [3.05, 3.63) is 58.3 Å². The lowest BCUT2D eigenvalue weighted by Gasteiger charge is -2.15. The Morgan fingerprint density at radius 3 is 2.82 bits per heavy atom. The maximum Gasteiger partial charge on any atom is 0.238 e. The zero-order chi connectivity index (χ0) is 15.4. The number of rotatable bonds is 5. The minimum absolute atomic E-state index is 0.0642. The van der Waals surface area contributed by atoms with Gasteiger partial charge in [-0.15, -0.1) is 11.3 Å². The van der Waals surface area contributed by atoms with E-state index in [4.69, 9.17) is 0 Å². The lowest BCUT2D eigenvalue weighted by molar-refractivity contribution is -0.122. The molecule has 3 N–H and O–H groups in total. The summed E-state index contributed by atoms with van der Waals surface area (Å²) < 4.78 is 0. The molecule has 1 aliphatic heterocycles. The highest BCUT2D eigenvalue weighted by Crippen LogP contribution is 2.26. The van der Waals surface area contributed by atoms with Gasteiger partial charge in [-0.2, -0.15) is 0 Å². The molecule has 3 atom stereocenters. The van der Waals surface area contributed by atoms with E-state index in [1.807, 2.05) is 24.3 Å². The number of nitrogens with one attached hydrogen (secondary N) is 3. The highest BCUT2D eigenvalue weighted by atomic mass is 32.1. The van der Waals surface area contributed by atoms with E-state index in [0.717, 1.165) is 6.42 Å². The standard InChI is InChI=1S/C17H21N3OS/c1-12(13-6-3-2-4-7-13)11-18-17(21)15-10-14(19-20-15)16-8-5-9-22-16/h2-9,12,14-15,19-20H,10-11H2,1H3,(H,18,21). The van der Waals surface area contributed by atoms with Crippen molar-refractivity contribution in [3.8, 4) is 0 Å². The molecular formula is C17H21N3OS. The van der Waals surface area contributed by atoms with Crippen LogP contribution in [0.1, 0.15) is 35.7 Å². The van der Waals surface area contributed by atoms with E-state index >= 15 is 0 Å². The van der Waals surface area contributed by atoms with E-state index in [0.29, 0.717) is 12.5 Å². The van der Waals surface area contributed by atoms with Gasteiger partial charge in [-0.1, -0.05) is 43.3 Å².